The van der Waals surface area contributed by atoms with Gasteiger partial charge in [0, 0.05) is 6.04 Å². The molecule has 1 N–H and O–H groups in total. The normalized spacial score (nSPS) is 23.5. The van der Waals surface area contributed by atoms with Crippen LogP contribution in [0.25, 0.3) is 10.8 Å². The molecular weight excluding hydrogens is 258 g/mol. The first-order chi connectivity index (χ1) is 10.4. The van der Waals surface area contributed by atoms with Gasteiger partial charge in [-0.3, -0.25) is 0 Å². The third kappa shape index (κ3) is 3.56. The monoisotopic (exact) mass is 283 g/mol. The van der Waals surface area contributed by atoms with E-state index in [1.54, 1.807) is 0 Å². The van der Waals surface area contributed by atoms with Crippen LogP contribution < -0.4 is 10.1 Å². The molecule has 3 rings (SSSR count). The van der Waals surface area contributed by atoms with Crippen molar-refractivity contribution in [3.05, 3.63) is 42.5 Å². The van der Waals surface area contributed by atoms with Gasteiger partial charge in [0.2, 0.25) is 0 Å². The molecule has 0 spiro atoms. The first-order valence-electron chi connectivity index (χ1n) is 8.19. The molecule has 21 heavy (non-hydrogen) atoms. The Bertz CT molecular complexity index is 581. The number of hydrogen-bond acceptors (Lipinski definition) is 2. The lowest BCUT2D eigenvalue weighted by Crippen LogP contribution is -2.41. The van der Waals surface area contributed by atoms with Crippen molar-refractivity contribution in [2.75, 3.05) is 7.05 Å². The average Bonchev–Trinajstić information content (AvgIpc) is 2.50. The van der Waals surface area contributed by atoms with E-state index in [1.807, 2.05) is 0 Å². The second-order valence-corrected chi connectivity index (χ2v) is 6.05. The van der Waals surface area contributed by atoms with Crippen LogP contribution in [0.5, 0.6) is 5.75 Å². The van der Waals surface area contributed by atoms with Crippen LogP contribution in [0.15, 0.2) is 42.5 Å². The Labute approximate surface area is 127 Å². The van der Waals surface area contributed by atoms with Crippen molar-refractivity contribution in [3.8, 4) is 5.75 Å². The quantitative estimate of drug-likeness (QED) is 0.893. The van der Waals surface area contributed by atoms with Crippen LogP contribution in [0.1, 0.15) is 38.5 Å². The number of benzene rings is 2. The minimum Gasteiger partial charge on any atom is -0.489 e. The second kappa shape index (κ2) is 6.95. The molecule has 0 aliphatic heterocycles. The van der Waals surface area contributed by atoms with Gasteiger partial charge in [-0.1, -0.05) is 49.6 Å². The summed E-state index contributed by atoms with van der Waals surface area (Å²) in [6.07, 6.45) is 7.94. The maximum atomic E-state index is 6.34. The van der Waals surface area contributed by atoms with Crippen molar-refractivity contribution in [2.24, 2.45) is 0 Å². The largest absolute Gasteiger partial charge is 0.489 e. The van der Waals surface area contributed by atoms with Crippen LogP contribution in [0.2, 0.25) is 0 Å². The number of fused-ring (bicyclic) bond motifs is 1. The summed E-state index contributed by atoms with van der Waals surface area (Å²) in [5, 5.41) is 5.98. The zero-order chi connectivity index (χ0) is 14.5. The van der Waals surface area contributed by atoms with Crippen molar-refractivity contribution in [3.63, 3.8) is 0 Å². The van der Waals surface area contributed by atoms with Crippen LogP contribution in [-0.2, 0) is 0 Å². The van der Waals surface area contributed by atoms with Crippen LogP contribution in [0.4, 0.5) is 0 Å². The van der Waals surface area contributed by atoms with Gasteiger partial charge >= 0.3 is 0 Å². The molecule has 0 amide bonds. The van der Waals surface area contributed by atoms with E-state index in [4.69, 9.17) is 4.74 Å². The molecule has 112 valence electrons. The fraction of sp³-hybridized carbons (Fsp3) is 0.474. The fourth-order valence-electron chi connectivity index (χ4n) is 3.34. The number of ether oxygens (including phenoxy) is 1. The summed E-state index contributed by atoms with van der Waals surface area (Å²) in [5.74, 6) is 1.000. The van der Waals surface area contributed by atoms with Gasteiger partial charge in [-0.05, 0) is 49.2 Å². The molecule has 2 heteroatoms. The smallest absolute Gasteiger partial charge is 0.120 e. The summed E-state index contributed by atoms with van der Waals surface area (Å²) in [4.78, 5) is 0. The maximum Gasteiger partial charge on any atom is 0.120 e. The summed E-state index contributed by atoms with van der Waals surface area (Å²) in [5.41, 5.74) is 0. The summed E-state index contributed by atoms with van der Waals surface area (Å²) in [6.45, 7) is 0. The van der Waals surface area contributed by atoms with Gasteiger partial charge in [-0.15, -0.1) is 0 Å². The van der Waals surface area contributed by atoms with Crippen LogP contribution in [-0.4, -0.2) is 19.2 Å². The Hall–Kier alpha value is -1.54. The van der Waals surface area contributed by atoms with Gasteiger partial charge in [0.05, 0.1) is 0 Å². The molecule has 1 fully saturated rings. The van der Waals surface area contributed by atoms with Crippen LogP contribution >= 0.6 is 0 Å². The third-order valence-electron chi connectivity index (χ3n) is 4.58. The van der Waals surface area contributed by atoms with E-state index in [9.17, 15) is 0 Å². The van der Waals surface area contributed by atoms with Crippen molar-refractivity contribution >= 4 is 10.8 Å². The third-order valence-corrected chi connectivity index (χ3v) is 4.58. The SMILES string of the molecule is CNC1CCCCCCC1Oc1ccc2ccccc2c1. The molecule has 2 nitrogen and oxygen atoms in total. The molecular formula is C19H25NO. The standard InChI is InChI=1S/C19H25NO/c1-20-18-10-4-2-3-5-11-19(18)21-17-13-12-15-8-6-7-9-16(15)14-17/h6-9,12-14,18-20H,2-5,10-11H2,1H3. The molecule has 0 bridgehead atoms. The minimum atomic E-state index is 0.288. The molecule has 1 saturated carbocycles. The Balaban J connectivity index is 1.77. The van der Waals surface area contributed by atoms with Gasteiger partial charge in [-0.25, -0.2) is 0 Å². The van der Waals surface area contributed by atoms with Gasteiger partial charge in [0.1, 0.15) is 11.9 Å². The number of nitrogens with one attached hydrogen (secondary N) is 1. The molecule has 2 aromatic carbocycles. The van der Waals surface area contributed by atoms with Gasteiger partial charge in [0.25, 0.3) is 0 Å². The Morgan fingerprint density at radius 1 is 0.905 bits per heavy atom. The summed E-state index contributed by atoms with van der Waals surface area (Å²) in [6, 6.07) is 15.3. The topological polar surface area (TPSA) is 21.3 Å². The van der Waals surface area contributed by atoms with E-state index in [2.05, 4.69) is 54.8 Å². The lowest BCUT2D eigenvalue weighted by molar-refractivity contribution is 0.131. The first-order valence-corrected chi connectivity index (χ1v) is 8.19. The molecule has 2 atom stereocenters. The maximum absolute atomic E-state index is 6.34. The molecule has 0 radical (unpaired) electrons. The second-order valence-electron chi connectivity index (χ2n) is 6.05. The summed E-state index contributed by atoms with van der Waals surface area (Å²) >= 11 is 0. The van der Waals surface area contributed by atoms with E-state index >= 15 is 0 Å². The Morgan fingerprint density at radius 3 is 2.48 bits per heavy atom. The fourth-order valence-corrected chi connectivity index (χ4v) is 3.34. The highest BCUT2D eigenvalue weighted by atomic mass is 16.5. The molecule has 2 aromatic rings. The van der Waals surface area contributed by atoms with Crippen LogP contribution in [0.3, 0.4) is 0 Å². The zero-order valence-corrected chi connectivity index (χ0v) is 12.8. The summed E-state index contributed by atoms with van der Waals surface area (Å²) < 4.78 is 6.34. The summed E-state index contributed by atoms with van der Waals surface area (Å²) in [7, 11) is 2.06. The number of hydrogen-bond donors (Lipinski definition) is 1. The van der Waals surface area contributed by atoms with Gasteiger partial charge in [-0.2, -0.15) is 0 Å². The van der Waals surface area contributed by atoms with Crippen molar-refractivity contribution in [2.45, 2.75) is 50.7 Å². The number of likely N-dealkylation sites (N-methyl/N-ethyl adjacent to an activating group) is 1. The van der Waals surface area contributed by atoms with E-state index < -0.39 is 0 Å². The molecule has 0 saturated heterocycles. The molecule has 0 heterocycles. The minimum absolute atomic E-state index is 0.288. The predicted molar refractivity (Wildman–Crippen MR) is 88.9 cm³/mol. The van der Waals surface area contributed by atoms with Gasteiger partial charge < -0.3 is 10.1 Å². The van der Waals surface area contributed by atoms with Gasteiger partial charge in [0.15, 0.2) is 0 Å². The van der Waals surface area contributed by atoms with E-state index in [1.165, 1.54) is 42.9 Å². The first kappa shape index (κ1) is 14.4. The highest BCUT2D eigenvalue weighted by molar-refractivity contribution is 5.83. The zero-order valence-electron chi connectivity index (χ0n) is 12.8. The number of rotatable bonds is 3. The Morgan fingerprint density at radius 2 is 1.67 bits per heavy atom. The lowest BCUT2D eigenvalue weighted by atomic mass is 9.94. The molecule has 0 aromatic heterocycles. The van der Waals surface area contributed by atoms with Crippen molar-refractivity contribution in [1.82, 2.24) is 5.32 Å². The van der Waals surface area contributed by atoms with Crippen molar-refractivity contribution in [1.29, 1.82) is 0 Å². The lowest BCUT2D eigenvalue weighted by Gasteiger charge is -2.29. The molecule has 1 aliphatic carbocycles. The molecule has 2 unspecified atom stereocenters. The highest BCUT2D eigenvalue weighted by Gasteiger charge is 2.23. The van der Waals surface area contributed by atoms with E-state index in [-0.39, 0.29) is 6.10 Å². The molecule has 1 aliphatic rings. The van der Waals surface area contributed by atoms with E-state index in [0.29, 0.717) is 6.04 Å². The average molecular weight is 283 g/mol. The van der Waals surface area contributed by atoms with Crippen LogP contribution in [0, 0.1) is 0 Å². The van der Waals surface area contributed by atoms with Crippen molar-refractivity contribution < 1.29 is 4.74 Å². The predicted octanol–water partition coefficient (Wildman–Crippen LogP) is 4.53. The highest BCUT2D eigenvalue weighted by Crippen LogP contribution is 2.25. The van der Waals surface area contributed by atoms with E-state index in [0.717, 1.165) is 12.2 Å². The Kier molecular flexibility index (Phi) is 4.76.